The minimum atomic E-state index is -0.309. The fourth-order valence-electron chi connectivity index (χ4n) is 1.94. The van der Waals surface area contributed by atoms with Gasteiger partial charge in [0.05, 0.1) is 6.61 Å². The van der Waals surface area contributed by atoms with E-state index in [0.29, 0.717) is 12.2 Å². The van der Waals surface area contributed by atoms with Crippen molar-refractivity contribution in [3.05, 3.63) is 45.8 Å². The number of nitrogens with zero attached hydrogens (tertiary/aromatic N) is 2. The summed E-state index contributed by atoms with van der Waals surface area (Å²) in [4.78, 5) is 19.8. The lowest BCUT2D eigenvalue weighted by molar-refractivity contribution is 0.102. The van der Waals surface area contributed by atoms with Crippen molar-refractivity contribution in [2.24, 2.45) is 0 Å². The normalized spacial score (nSPS) is 12.7. The Balaban J connectivity index is 1.84. The molecule has 1 aromatic heterocycles. The summed E-state index contributed by atoms with van der Waals surface area (Å²) in [6.07, 6.45) is 2.04. The monoisotopic (exact) mass is 309 g/mol. The highest BCUT2D eigenvalue weighted by atomic mass is 35.5. The fourth-order valence-corrected chi connectivity index (χ4v) is 2.22. The van der Waals surface area contributed by atoms with Crippen LogP contribution in [0.2, 0.25) is 10.2 Å². The number of rotatable bonds is 2. The third-order valence-corrected chi connectivity index (χ3v) is 3.67. The standard InChI is InChI=1S/C13H9Cl2N3O2/c14-10-11(15)16-6-17-12(10)18-13(19)8-1-2-9-7(5-8)3-4-20-9/h1-2,5-6H,3-4H2,(H,16,17,18,19). The summed E-state index contributed by atoms with van der Waals surface area (Å²) in [7, 11) is 0. The van der Waals surface area contributed by atoms with Gasteiger partial charge in [-0.25, -0.2) is 9.97 Å². The number of aromatic nitrogens is 2. The van der Waals surface area contributed by atoms with E-state index in [-0.39, 0.29) is 21.9 Å². The molecule has 1 N–H and O–H groups in total. The van der Waals surface area contributed by atoms with Crippen LogP contribution in [0.3, 0.4) is 0 Å². The van der Waals surface area contributed by atoms with Gasteiger partial charge in [-0.1, -0.05) is 23.2 Å². The number of nitrogens with one attached hydrogen (secondary N) is 1. The molecule has 0 bridgehead atoms. The van der Waals surface area contributed by atoms with Gasteiger partial charge >= 0.3 is 0 Å². The van der Waals surface area contributed by atoms with E-state index in [4.69, 9.17) is 27.9 Å². The number of amides is 1. The lowest BCUT2D eigenvalue weighted by Gasteiger charge is -2.07. The maximum Gasteiger partial charge on any atom is 0.256 e. The van der Waals surface area contributed by atoms with Crippen LogP contribution in [0.15, 0.2) is 24.5 Å². The zero-order valence-corrected chi connectivity index (χ0v) is 11.7. The summed E-state index contributed by atoms with van der Waals surface area (Å²) < 4.78 is 5.40. The van der Waals surface area contributed by atoms with Crippen LogP contribution < -0.4 is 10.1 Å². The molecule has 0 saturated carbocycles. The second kappa shape index (κ2) is 5.26. The number of ether oxygens (including phenoxy) is 1. The van der Waals surface area contributed by atoms with Crippen molar-refractivity contribution in [3.63, 3.8) is 0 Å². The van der Waals surface area contributed by atoms with E-state index in [1.807, 2.05) is 0 Å². The molecule has 1 aliphatic heterocycles. The molecule has 3 rings (SSSR count). The van der Waals surface area contributed by atoms with Gasteiger partial charge in [-0.3, -0.25) is 4.79 Å². The molecule has 102 valence electrons. The van der Waals surface area contributed by atoms with Crippen molar-refractivity contribution < 1.29 is 9.53 Å². The lowest BCUT2D eigenvalue weighted by Crippen LogP contribution is -2.13. The van der Waals surface area contributed by atoms with Crippen molar-refractivity contribution in [1.29, 1.82) is 0 Å². The van der Waals surface area contributed by atoms with Crippen LogP contribution in [0.4, 0.5) is 5.82 Å². The first kappa shape index (κ1) is 13.1. The molecular formula is C13H9Cl2N3O2. The number of hydrogen-bond acceptors (Lipinski definition) is 4. The van der Waals surface area contributed by atoms with Crippen LogP contribution in [0, 0.1) is 0 Å². The number of carbonyl (C=O) groups is 1. The average Bonchev–Trinajstić information content (AvgIpc) is 2.91. The van der Waals surface area contributed by atoms with E-state index in [9.17, 15) is 4.79 Å². The largest absolute Gasteiger partial charge is 0.493 e. The number of benzene rings is 1. The summed E-state index contributed by atoms with van der Waals surface area (Å²) in [6.45, 7) is 0.647. The topological polar surface area (TPSA) is 64.1 Å². The first-order valence-corrected chi connectivity index (χ1v) is 6.64. The van der Waals surface area contributed by atoms with Gasteiger partial charge < -0.3 is 10.1 Å². The Kier molecular flexibility index (Phi) is 3.46. The zero-order chi connectivity index (χ0) is 14.1. The van der Waals surface area contributed by atoms with Gasteiger partial charge in [0.25, 0.3) is 5.91 Å². The van der Waals surface area contributed by atoms with E-state index in [0.717, 1.165) is 17.7 Å². The van der Waals surface area contributed by atoms with Crippen molar-refractivity contribution in [3.8, 4) is 5.75 Å². The highest BCUT2D eigenvalue weighted by molar-refractivity contribution is 6.43. The smallest absolute Gasteiger partial charge is 0.256 e. The van der Waals surface area contributed by atoms with E-state index in [2.05, 4.69) is 15.3 Å². The van der Waals surface area contributed by atoms with Gasteiger partial charge in [-0.15, -0.1) is 0 Å². The molecule has 1 aliphatic rings. The molecule has 1 amide bonds. The van der Waals surface area contributed by atoms with E-state index in [1.54, 1.807) is 18.2 Å². The summed E-state index contributed by atoms with van der Waals surface area (Å²) in [5.74, 6) is 0.703. The Morgan fingerprint density at radius 3 is 3.00 bits per heavy atom. The molecule has 1 aromatic carbocycles. The Labute approximate surface area is 124 Å². The van der Waals surface area contributed by atoms with E-state index in [1.165, 1.54) is 6.33 Å². The molecule has 2 aromatic rings. The van der Waals surface area contributed by atoms with Gasteiger partial charge in [-0.05, 0) is 23.8 Å². The summed E-state index contributed by atoms with van der Waals surface area (Å²) in [6, 6.07) is 5.27. The Morgan fingerprint density at radius 2 is 2.15 bits per heavy atom. The quantitative estimate of drug-likeness (QED) is 0.866. The minimum Gasteiger partial charge on any atom is -0.493 e. The van der Waals surface area contributed by atoms with Crippen LogP contribution in [0.5, 0.6) is 5.75 Å². The molecule has 0 radical (unpaired) electrons. The van der Waals surface area contributed by atoms with Gasteiger partial charge in [-0.2, -0.15) is 0 Å². The molecule has 0 saturated heterocycles. The number of carbonyl (C=O) groups excluding carboxylic acids is 1. The maximum atomic E-state index is 12.2. The van der Waals surface area contributed by atoms with E-state index >= 15 is 0 Å². The summed E-state index contributed by atoms with van der Waals surface area (Å²) >= 11 is 11.7. The SMILES string of the molecule is O=C(Nc1ncnc(Cl)c1Cl)c1ccc2c(c1)CCO2. The predicted molar refractivity (Wildman–Crippen MR) is 75.6 cm³/mol. The number of halogens is 2. The van der Waals surface area contributed by atoms with Gasteiger partial charge in [0.1, 0.15) is 17.1 Å². The molecule has 20 heavy (non-hydrogen) atoms. The van der Waals surface area contributed by atoms with Crippen molar-refractivity contribution in [2.75, 3.05) is 11.9 Å². The Bertz CT molecular complexity index is 691. The summed E-state index contributed by atoms with van der Waals surface area (Å²) in [5.41, 5.74) is 1.53. The molecule has 7 heteroatoms. The number of anilines is 1. The van der Waals surface area contributed by atoms with Crippen LogP contribution in [0.1, 0.15) is 15.9 Å². The molecule has 0 fully saturated rings. The molecule has 5 nitrogen and oxygen atoms in total. The Hall–Kier alpha value is -1.85. The first-order chi connectivity index (χ1) is 9.65. The molecule has 0 aliphatic carbocycles. The zero-order valence-electron chi connectivity index (χ0n) is 10.2. The minimum absolute atomic E-state index is 0.0966. The number of fused-ring (bicyclic) bond motifs is 1. The first-order valence-electron chi connectivity index (χ1n) is 5.88. The molecule has 0 unspecified atom stereocenters. The van der Waals surface area contributed by atoms with Crippen LogP contribution in [0.25, 0.3) is 0 Å². The Morgan fingerprint density at radius 1 is 1.30 bits per heavy atom. The van der Waals surface area contributed by atoms with E-state index < -0.39 is 0 Å². The fraction of sp³-hybridized carbons (Fsp3) is 0.154. The van der Waals surface area contributed by atoms with Crippen molar-refractivity contribution >= 4 is 34.9 Å². The second-order valence-corrected chi connectivity index (χ2v) is 4.94. The average molecular weight is 310 g/mol. The van der Waals surface area contributed by atoms with Crippen molar-refractivity contribution in [1.82, 2.24) is 9.97 Å². The van der Waals surface area contributed by atoms with Gasteiger partial charge in [0.2, 0.25) is 0 Å². The highest BCUT2D eigenvalue weighted by Crippen LogP contribution is 2.28. The molecular weight excluding hydrogens is 301 g/mol. The predicted octanol–water partition coefficient (Wildman–Crippen LogP) is 2.97. The molecule has 0 atom stereocenters. The van der Waals surface area contributed by atoms with Crippen LogP contribution >= 0.6 is 23.2 Å². The maximum absolute atomic E-state index is 12.2. The summed E-state index contributed by atoms with van der Waals surface area (Å²) in [5, 5.41) is 2.83. The third-order valence-electron chi connectivity index (χ3n) is 2.93. The second-order valence-electron chi connectivity index (χ2n) is 4.20. The van der Waals surface area contributed by atoms with Crippen LogP contribution in [-0.4, -0.2) is 22.5 Å². The molecule has 2 heterocycles. The van der Waals surface area contributed by atoms with Crippen molar-refractivity contribution in [2.45, 2.75) is 6.42 Å². The molecule has 0 spiro atoms. The lowest BCUT2D eigenvalue weighted by atomic mass is 10.1. The number of hydrogen-bond donors (Lipinski definition) is 1. The van der Waals surface area contributed by atoms with Crippen LogP contribution in [-0.2, 0) is 6.42 Å². The van der Waals surface area contributed by atoms with Gasteiger partial charge in [0.15, 0.2) is 11.0 Å². The third kappa shape index (κ3) is 2.42. The van der Waals surface area contributed by atoms with Gasteiger partial charge in [0, 0.05) is 12.0 Å². The highest BCUT2D eigenvalue weighted by Gasteiger charge is 2.16.